The molecule has 0 radical (unpaired) electrons. The van der Waals surface area contributed by atoms with Gasteiger partial charge >= 0.3 is 0 Å². The predicted molar refractivity (Wildman–Crippen MR) is 148 cm³/mol. The Morgan fingerprint density at radius 2 is 1.11 bits per heavy atom. The first kappa shape index (κ1) is 25.9. The van der Waals surface area contributed by atoms with Crippen molar-refractivity contribution < 1.29 is 24.0 Å². The quantitative estimate of drug-likeness (QED) is 0.140. The zero-order valence-electron chi connectivity index (χ0n) is 19.7. The number of aromatic amines is 2. The Morgan fingerprint density at radius 3 is 1.64 bits per heavy atom. The van der Waals surface area contributed by atoms with E-state index >= 15 is 0 Å². The van der Waals surface area contributed by atoms with Gasteiger partial charge in [-0.3, -0.25) is 19.8 Å². The number of nitrogens with one attached hydrogen (secondary N) is 3. The number of anilines is 1. The van der Waals surface area contributed by atoms with Crippen LogP contribution in [0.5, 0.6) is 0 Å². The van der Waals surface area contributed by atoms with E-state index < -0.39 is 7.26 Å². The van der Waals surface area contributed by atoms with Crippen LogP contribution in [0.3, 0.4) is 0 Å². The third-order valence-corrected chi connectivity index (χ3v) is 10.9. The highest BCUT2D eigenvalue weighted by Gasteiger charge is 2.44. The minimum absolute atomic E-state index is 0. The molecule has 36 heavy (non-hydrogen) atoms. The fraction of sp³-hybridized carbons (Fsp3) is 0.103. The SMILES string of the molecule is O=c1[nH][nH]c(=O)c2c(NCCC[P+](c3ccccc3)(c3ccccc3)c3ccccc3)cccc12.[I-]. The van der Waals surface area contributed by atoms with E-state index in [0.717, 1.165) is 12.6 Å². The number of halogens is 1. The lowest BCUT2D eigenvalue weighted by Gasteiger charge is -2.27. The van der Waals surface area contributed by atoms with Crippen molar-refractivity contribution in [2.75, 3.05) is 18.0 Å². The van der Waals surface area contributed by atoms with Crippen LogP contribution in [0.25, 0.3) is 10.8 Å². The molecular formula is C29H27IN3O2P. The van der Waals surface area contributed by atoms with Crippen molar-refractivity contribution in [1.82, 2.24) is 10.2 Å². The number of H-pyrrole nitrogens is 2. The average molecular weight is 607 g/mol. The lowest BCUT2D eigenvalue weighted by Crippen LogP contribution is -3.00. The van der Waals surface area contributed by atoms with Crippen molar-refractivity contribution in [3.8, 4) is 0 Å². The maximum atomic E-state index is 12.4. The molecule has 5 rings (SSSR count). The van der Waals surface area contributed by atoms with Crippen LogP contribution in [-0.4, -0.2) is 22.9 Å². The van der Waals surface area contributed by atoms with Crippen LogP contribution in [-0.2, 0) is 0 Å². The Morgan fingerprint density at radius 1 is 0.611 bits per heavy atom. The second-order valence-corrected chi connectivity index (χ2v) is 12.1. The number of benzene rings is 4. The van der Waals surface area contributed by atoms with E-state index in [1.54, 1.807) is 12.1 Å². The Labute approximate surface area is 227 Å². The highest BCUT2D eigenvalue weighted by molar-refractivity contribution is 7.95. The van der Waals surface area contributed by atoms with Crippen LogP contribution >= 0.6 is 7.26 Å². The van der Waals surface area contributed by atoms with E-state index in [9.17, 15) is 9.59 Å². The molecule has 0 fully saturated rings. The summed E-state index contributed by atoms with van der Waals surface area (Å²) in [4.78, 5) is 24.6. The minimum atomic E-state index is -1.90. The van der Waals surface area contributed by atoms with Crippen molar-refractivity contribution in [3.63, 3.8) is 0 Å². The summed E-state index contributed by atoms with van der Waals surface area (Å²) < 4.78 is 0. The molecule has 0 saturated carbocycles. The van der Waals surface area contributed by atoms with Crippen LogP contribution < -0.4 is 56.3 Å². The smallest absolute Gasteiger partial charge is 0.272 e. The molecule has 182 valence electrons. The van der Waals surface area contributed by atoms with Gasteiger partial charge < -0.3 is 29.3 Å². The van der Waals surface area contributed by atoms with E-state index in [2.05, 4.69) is 107 Å². The number of rotatable bonds is 8. The number of aromatic nitrogens is 2. The first-order valence-electron chi connectivity index (χ1n) is 11.7. The summed E-state index contributed by atoms with van der Waals surface area (Å²) >= 11 is 0. The highest BCUT2D eigenvalue weighted by atomic mass is 127. The Bertz CT molecular complexity index is 1440. The van der Waals surface area contributed by atoms with E-state index in [1.165, 1.54) is 15.9 Å². The maximum absolute atomic E-state index is 12.4. The van der Waals surface area contributed by atoms with Crippen molar-refractivity contribution in [2.45, 2.75) is 6.42 Å². The second-order valence-electron chi connectivity index (χ2n) is 8.46. The molecule has 0 aliphatic heterocycles. The molecule has 0 aliphatic carbocycles. The highest BCUT2D eigenvalue weighted by Crippen LogP contribution is 2.55. The van der Waals surface area contributed by atoms with Crippen molar-refractivity contribution in [1.29, 1.82) is 0 Å². The Balaban J connectivity index is 0.00000304. The molecule has 5 aromatic rings. The molecule has 3 N–H and O–H groups in total. The van der Waals surface area contributed by atoms with Gasteiger partial charge in [-0.25, -0.2) is 0 Å². The summed E-state index contributed by atoms with van der Waals surface area (Å²) in [6.07, 6.45) is 1.86. The van der Waals surface area contributed by atoms with Gasteiger partial charge in [0, 0.05) is 12.2 Å². The lowest BCUT2D eigenvalue weighted by molar-refractivity contribution is -0.00000691. The maximum Gasteiger partial charge on any atom is 0.272 e. The van der Waals surface area contributed by atoms with Gasteiger partial charge in [-0.2, -0.15) is 0 Å². The first-order chi connectivity index (χ1) is 17.2. The summed E-state index contributed by atoms with van der Waals surface area (Å²) in [7, 11) is -1.90. The number of hydrogen-bond donors (Lipinski definition) is 3. The third kappa shape index (κ3) is 5.01. The van der Waals surface area contributed by atoms with Gasteiger partial charge in [0.05, 0.1) is 16.9 Å². The fourth-order valence-corrected chi connectivity index (χ4v) is 9.14. The van der Waals surface area contributed by atoms with Crippen LogP contribution in [0.4, 0.5) is 5.69 Å². The Kier molecular flexibility index (Phi) is 8.39. The molecule has 0 aliphatic rings. The van der Waals surface area contributed by atoms with Crippen molar-refractivity contribution in [2.24, 2.45) is 0 Å². The van der Waals surface area contributed by atoms with Gasteiger partial charge in [0.2, 0.25) is 0 Å². The van der Waals surface area contributed by atoms with E-state index in [0.29, 0.717) is 23.0 Å². The minimum Gasteiger partial charge on any atom is -1.00 e. The second kappa shape index (κ2) is 11.7. The molecule has 0 atom stereocenters. The van der Waals surface area contributed by atoms with E-state index in [4.69, 9.17) is 0 Å². The van der Waals surface area contributed by atoms with Gasteiger partial charge in [0.15, 0.2) is 0 Å². The Hall–Kier alpha value is -3.22. The molecule has 1 aromatic heterocycles. The van der Waals surface area contributed by atoms with Gasteiger partial charge in [-0.05, 0) is 55.0 Å². The largest absolute Gasteiger partial charge is 1.00 e. The predicted octanol–water partition coefficient (Wildman–Crippen LogP) is 1.02. The van der Waals surface area contributed by atoms with Crippen LogP contribution in [0, 0.1) is 0 Å². The third-order valence-electron chi connectivity index (χ3n) is 6.40. The summed E-state index contributed by atoms with van der Waals surface area (Å²) in [5.74, 6) is 0. The molecule has 0 unspecified atom stereocenters. The normalized spacial score (nSPS) is 11.1. The molecule has 0 amide bonds. The summed E-state index contributed by atoms with van der Waals surface area (Å²) in [5, 5.41) is 13.1. The average Bonchev–Trinajstić information content (AvgIpc) is 2.92. The van der Waals surface area contributed by atoms with Crippen molar-refractivity contribution >= 4 is 39.6 Å². The van der Waals surface area contributed by atoms with E-state index in [-0.39, 0.29) is 35.1 Å². The molecule has 0 spiro atoms. The molecule has 0 saturated heterocycles. The molecule has 4 aromatic carbocycles. The summed E-state index contributed by atoms with van der Waals surface area (Å²) in [6.45, 7) is 0.680. The number of fused-ring (bicyclic) bond motifs is 1. The summed E-state index contributed by atoms with van der Waals surface area (Å²) in [6, 6.07) is 37.7. The molecule has 0 bridgehead atoms. The van der Waals surface area contributed by atoms with Crippen molar-refractivity contribution in [3.05, 3.63) is 130 Å². The first-order valence-corrected chi connectivity index (χ1v) is 13.7. The summed E-state index contributed by atoms with van der Waals surface area (Å²) in [5.41, 5.74) is 0.0748. The molecule has 1 heterocycles. The zero-order chi connectivity index (χ0) is 24.1. The van der Waals surface area contributed by atoms with Gasteiger partial charge in [-0.15, -0.1) is 0 Å². The standard InChI is InChI=1S/C29H26N3O2P.HI/c33-28-25-18-10-19-26(27(25)29(34)32-31-28)30-20-11-21-35(22-12-4-1-5-13-22,23-14-6-2-7-15-23)24-16-8-3-9-17-24;/h1-10,12-19H,11,20-21H2,(H2-,30,31,32,33,34);1H. The topological polar surface area (TPSA) is 77.8 Å². The van der Waals surface area contributed by atoms with Crippen LogP contribution in [0.15, 0.2) is 119 Å². The molecule has 5 nitrogen and oxygen atoms in total. The molecule has 7 heteroatoms. The molecular weight excluding hydrogens is 580 g/mol. The van der Waals surface area contributed by atoms with Gasteiger partial charge in [0.25, 0.3) is 11.1 Å². The monoisotopic (exact) mass is 607 g/mol. The van der Waals surface area contributed by atoms with E-state index in [1.807, 2.05) is 6.07 Å². The fourth-order valence-electron chi connectivity index (χ4n) is 4.80. The van der Waals surface area contributed by atoms with Gasteiger partial charge in [0.1, 0.15) is 23.2 Å². The van der Waals surface area contributed by atoms with Gasteiger partial charge in [-0.1, -0.05) is 60.7 Å². The lowest BCUT2D eigenvalue weighted by atomic mass is 10.1. The number of hydrogen-bond acceptors (Lipinski definition) is 3. The zero-order valence-corrected chi connectivity index (χ0v) is 22.7. The van der Waals surface area contributed by atoms with Crippen LogP contribution in [0.2, 0.25) is 0 Å². The van der Waals surface area contributed by atoms with Crippen LogP contribution in [0.1, 0.15) is 6.42 Å².